The Morgan fingerprint density at radius 1 is 1.14 bits per heavy atom. The second-order valence-electron chi connectivity index (χ2n) is 6.78. The van der Waals surface area contributed by atoms with E-state index in [9.17, 15) is 9.59 Å². The third-order valence-corrected chi connectivity index (χ3v) is 5.00. The Morgan fingerprint density at radius 3 is 2.66 bits per heavy atom. The Kier molecular flexibility index (Phi) is 5.53. The monoisotopic (exact) mass is 393 g/mol. The van der Waals surface area contributed by atoms with Gasteiger partial charge in [-0.1, -0.05) is 24.3 Å². The first-order valence-corrected chi connectivity index (χ1v) is 9.73. The first-order valence-electron chi connectivity index (χ1n) is 9.73. The van der Waals surface area contributed by atoms with Crippen LogP contribution in [0.5, 0.6) is 0 Å². The van der Waals surface area contributed by atoms with Crippen molar-refractivity contribution >= 4 is 22.5 Å². The van der Waals surface area contributed by atoms with Crippen LogP contribution in [0.25, 0.3) is 10.8 Å². The number of nitrogens with zero attached hydrogens (tertiary/aromatic N) is 4. The summed E-state index contributed by atoms with van der Waals surface area (Å²) in [4.78, 5) is 32.1. The van der Waals surface area contributed by atoms with E-state index in [1.807, 2.05) is 19.1 Å². The van der Waals surface area contributed by atoms with Gasteiger partial charge in [0.1, 0.15) is 5.82 Å². The smallest absolute Gasteiger partial charge is 0.274 e. The summed E-state index contributed by atoms with van der Waals surface area (Å²) in [5, 5.41) is 8.28. The van der Waals surface area contributed by atoms with Gasteiger partial charge in [-0.25, -0.2) is 9.67 Å². The van der Waals surface area contributed by atoms with Gasteiger partial charge in [0.15, 0.2) is 5.69 Å². The number of aryl methyl sites for hydroxylation is 1. The van der Waals surface area contributed by atoms with Crippen molar-refractivity contribution in [3.8, 4) is 0 Å². The van der Waals surface area contributed by atoms with Crippen LogP contribution in [-0.4, -0.2) is 47.0 Å². The summed E-state index contributed by atoms with van der Waals surface area (Å²) in [7, 11) is 0. The number of amides is 1. The van der Waals surface area contributed by atoms with Crippen molar-refractivity contribution in [1.82, 2.24) is 20.1 Å². The SMILES string of the molecule is CCn1nc(C(=O)NCc2cccnc2N2CCOCC2)c2ccccc2c1=O. The number of rotatable bonds is 5. The predicted octanol–water partition coefficient (Wildman–Crippen LogP) is 1.58. The molecule has 0 bridgehead atoms. The molecule has 1 aliphatic heterocycles. The molecule has 3 heterocycles. The molecule has 29 heavy (non-hydrogen) atoms. The van der Waals surface area contributed by atoms with Gasteiger partial charge in [0, 0.05) is 43.3 Å². The van der Waals surface area contributed by atoms with Crippen LogP contribution in [0.1, 0.15) is 23.0 Å². The van der Waals surface area contributed by atoms with Crippen molar-refractivity contribution in [3.05, 3.63) is 64.2 Å². The highest BCUT2D eigenvalue weighted by molar-refractivity contribution is 6.04. The highest BCUT2D eigenvalue weighted by Crippen LogP contribution is 2.19. The molecule has 3 aromatic rings. The molecule has 2 aromatic heterocycles. The van der Waals surface area contributed by atoms with Crippen molar-refractivity contribution in [2.75, 3.05) is 31.2 Å². The fourth-order valence-corrected chi connectivity index (χ4v) is 3.50. The highest BCUT2D eigenvalue weighted by Gasteiger charge is 2.19. The van der Waals surface area contributed by atoms with Crippen molar-refractivity contribution in [2.45, 2.75) is 20.0 Å². The Bertz CT molecular complexity index is 1090. The maximum absolute atomic E-state index is 13.0. The minimum atomic E-state index is -0.319. The molecule has 0 saturated carbocycles. The molecule has 1 aromatic carbocycles. The van der Waals surface area contributed by atoms with Crippen LogP contribution >= 0.6 is 0 Å². The van der Waals surface area contributed by atoms with Gasteiger partial charge in [0.05, 0.1) is 18.6 Å². The quantitative estimate of drug-likeness (QED) is 0.708. The molecular formula is C21H23N5O3. The van der Waals surface area contributed by atoms with Crippen LogP contribution in [0.15, 0.2) is 47.4 Å². The number of pyridine rings is 1. The number of carbonyl (C=O) groups is 1. The molecule has 0 unspecified atom stereocenters. The minimum Gasteiger partial charge on any atom is -0.378 e. The summed E-state index contributed by atoms with van der Waals surface area (Å²) in [6.45, 7) is 5.41. The van der Waals surface area contributed by atoms with Crippen molar-refractivity contribution in [3.63, 3.8) is 0 Å². The van der Waals surface area contributed by atoms with Crippen molar-refractivity contribution < 1.29 is 9.53 Å². The zero-order valence-electron chi connectivity index (χ0n) is 16.3. The lowest BCUT2D eigenvalue weighted by Gasteiger charge is -2.29. The van der Waals surface area contributed by atoms with Gasteiger partial charge in [-0.3, -0.25) is 9.59 Å². The van der Waals surface area contributed by atoms with E-state index in [2.05, 4.69) is 20.3 Å². The van der Waals surface area contributed by atoms with E-state index in [4.69, 9.17) is 4.74 Å². The van der Waals surface area contributed by atoms with Gasteiger partial charge >= 0.3 is 0 Å². The Balaban J connectivity index is 1.60. The van der Waals surface area contributed by atoms with E-state index in [0.29, 0.717) is 37.1 Å². The largest absolute Gasteiger partial charge is 0.378 e. The van der Waals surface area contributed by atoms with Crippen molar-refractivity contribution in [1.29, 1.82) is 0 Å². The molecule has 1 N–H and O–H groups in total. The Labute approximate surface area is 168 Å². The summed E-state index contributed by atoms with van der Waals surface area (Å²) in [6.07, 6.45) is 1.75. The lowest BCUT2D eigenvalue weighted by Crippen LogP contribution is -2.38. The highest BCUT2D eigenvalue weighted by atomic mass is 16.5. The second kappa shape index (κ2) is 8.40. The number of hydrogen-bond donors (Lipinski definition) is 1. The van der Waals surface area contributed by atoms with Crippen LogP contribution < -0.4 is 15.8 Å². The van der Waals surface area contributed by atoms with Crippen LogP contribution in [-0.2, 0) is 17.8 Å². The molecule has 8 nitrogen and oxygen atoms in total. The third kappa shape index (κ3) is 3.84. The maximum Gasteiger partial charge on any atom is 0.274 e. The average molecular weight is 393 g/mol. The number of benzene rings is 1. The lowest BCUT2D eigenvalue weighted by atomic mass is 10.1. The number of morpholine rings is 1. The standard InChI is InChI=1S/C21H23N5O3/c1-2-26-21(28)17-8-4-3-7-16(17)18(24-26)20(27)23-14-15-6-5-9-22-19(15)25-10-12-29-13-11-25/h3-9H,2,10-14H2,1H3,(H,23,27). The number of carbonyl (C=O) groups excluding carboxylic acids is 1. The summed E-state index contributed by atoms with van der Waals surface area (Å²) >= 11 is 0. The number of anilines is 1. The Hall–Kier alpha value is -3.26. The molecule has 4 rings (SSSR count). The van der Waals surface area contributed by atoms with Gasteiger partial charge in [0.25, 0.3) is 11.5 Å². The first kappa shape index (κ1) is 19.1. The normalized spacial score (nSPS) is 14.2. The van der Waals surface area contributed by atoms with E-state index in [0.717, 1.165) is 24.5 Å². The Morgan fingerprint density at radius 2 is 1.90 bits per heavy atom. The molecule has 1 aliphatic rings. The number of fused-ring (bicyclic) bond motifs is 1. The zero-order valence-corrected chi connectivity index (χ0v) is 16.3. The molecule has 1 fully saturated rings. The molecule has 0 atom stereocenters. The lowest BCUT2D eigenvalue weighted by molar-refractivity contribution is 0.0945. The number of hydrogen-bond acceptors (Lipinski definition) is 6. The molecule has 0 spiro atoms. The maximum atomic E-state index is 13.0. The molecule has 150 valence electrons. The number of aromatic nitrogens is 3. The van der Waals surface area contributed by atoms with Gasteiger partial charge in [-0.15, -0.1) is 0 Å². The summed E-state index contributed by atoms with van der Waals surface area (Å²) in [5.74, 6) is 0.535. The van der Waals surface area contributed by atoms with Gasteiger partial charge < -0.3 is 15.0 Å². The number of ether oxygens (including phenoxy) is 1. The van der Waals surface area contributed by atoms with E-state index < -0.39 is 0 Å². The minimum absolute atomic E-state index is 0.193. The summed E-state index contributed by atoms with van der Waals surface area (Å²) in [5.41, 5.74) is 0.983. The zero-order chi connectivity index (χ0) is 20.2. The predicted molar refractivity (Wildman–Crippen MR) is 110 cm³/mol. The fourth-order valence-electron chi connectivity index (χ4n) is 3.50. The van der Waals surface area contributed by atoms with E-state index in [-0.39, 0.29) is 17.2 Å². The van der Waals surface area contributed by atoms with Crippen LogP contribution in [0, 0.1) is 0 Å². The van der Waals surface area contributed by atoms with Crippen LogP contribution in [0.4, 0.5) is 5.82 Å². The van der Waals surface area contributed by atoms with Gasteiger partial charge in [0.2, 0.25) is 0 Å². The van der Waals surface area contributed by atoms with E-state index in [1.165, 1.54) is 4.68 Å². The molecule has 8 heteroatoms. The van der Waals surface area contributed by atoms with Gasteiger partial charge in [-0.05, 0) is 19.1 Å². The summed E-state index contributed by atoms with van der Waals surface area (Å²) in [6, 6.07) is 10.9. The van der Waals surface area contributed by atoms with Crippen LogP contribution in [0.3, 0.4) is 0 Å². The van der Waals surface area contributed by atoms with E-state index >= 15 is 0 Å². The topological polar surface area (TPSA) is 89.3 Å². The molecule has 1 amide bonds. The summed E-state index contributed by atoms with van der Waals surface area (Å²) < 4.78 is 6.73. The fraction of sp³-hybridized carbons (Fsp3) is 0.333. The molecular weight excluding hydrogens is 370 g/mol. The molecule has 1 saturated heterocycles. The average Bonchev–Trinajstić information content (AvgIpc) is 2.79. The second-order valence-corrected chi connectivity index (χ2v) is 6.78. The third-order valence-electron chi connectivity index (χ3n) is 5.00. The van der Waals surface area contributed by atoms with Crippen molar-refractivity contribution in [2.24, 2.45) is 0 Å². The first-order chi connectivity index (χ1) is 14.2. The van der Waals surface area contributed by atoms with Crippen LogP contribution in [0.2, 0.25) is 0 Å². The number of nitrogens with one attached hydrogen (secondary N) is 1. The molecule has 0 aliphatic carbocycles. The van der Waals surface area contributed by atoms with E-state index in [1.54, 1.807) is 30.5 Å². The molecule has 0 radical (unpaired) electrons. The van der Waals surface area contributed by atoms with Gasteiger partial charge in [-0.2, -0.15) is 5.10 Å².